The summed E-state index contributed by atoms with van der Waals surface area (Å²) >= 11 is 0. The Morgan fingerprint density at radius 3 is 2.33 bits per heavy atom. The molecule has 80 valence electrons. The normalized spacial score (nSPS) is 36.7. The Morgan fingerprint density at radius 2 is 1.67 bits per heavy atom. The third-order valence-electron chi connectivity index (χ3n) is 4.12. The predicted octanol–water partition coefficient (Wildman–Crippen LogP) is 4.30. The van der Waals surface area contributed by atoms with Crippen molar-refractivity contribution in [2.45, 2.75) is 49.3 Å². The van der Waals surface area contributed by atoms with Gasteiger partial charge in [0.15, 0.2) is 0 Å². The topological polar surface area (TPSA) is 0 Å². The first-order valence-corrected chi connectivity index (χ1v) is 7.30. The van der Waals surface area contributed by atoms with Crippen molar-refractivity contribution < 1.29 is 0 Å². The van der Waals surface area contributed by atoms with Crippen LogP contribution in [-0.2, 0) is 5.16 Å². The van der Waals surface area contributed by atoms with Crippen LogP contribution >= 0.6 is 8.58 Å². The number of rotatable bonds is 1. The van der Waals surface area contributed by atoms with Crippen molar-refractivity contribution in [1.82, 2.24) is 0 Å². The second-order valence-electron chi connectivity index (χ2n) is 5.07. The minimum atomic E-state index is 0.600. The first kappa shape index (κ1) is 9.85. The largest absolute Gasteiger partial charge is 0.108 e. The van der Waals surface area contributed by atoms with Crippen LogP contribution in [0.5, 0.6) is 0 Å². The van der Waals surface area contributed by atoms with Gasteiger partial charge in [-0.1, -0.05) is 43.2 Å². The van der Waals surface area contributed by atoms with E-state index in [9.17, 15) is 0 Å². The molecule has 0 aliphatic carbocycles. The summed E-state index contributed by atoms with van der Waals surface area (Å²) in [6.45, 7) is 0. The molecule has 2 bridgehead atoms. The minimum absolute atomic E-state index is 0.600. The average molecular weight is 218 g/mol. The molecule has 2 fully saturated rings. The molecule has 1 heteroatoms. The summed E-state index contributed by atoms with van der Waals surface area (Å²) in [5, 5.41) is 0.600. The number of fused-ring (bicyclic) bond motifs is 2. The van der Waals surface area contributed by atoms with Gasteiger partial charge in [-0.25, -0.2) is 0 Å². The van der Waals surface area contributed by atoms with Gasteiger partial charge in [-0.15, -0.1) is 8.58 Å². The molecule has 0 N–H and O–H groups in total. The second kappa shape index (κ2) is 3.91. The fourth-order valence-corrected chi connectivity index (χ4v) is 5.83. The first-order chi connectivity index (χ1) is 7.39. The zero-order valence-corrected chi connectivity index (χ0v) is 10.2. The van der Waals surface area contributed by atoms with Gasteiger partial charge in [-0.05, 0) is 36.9 Å². The van der Waals surface area contributed by atoms with E-state index in [4.69, 9.17) is 0 Å². The maximum atomic E-state index is 2.36. The molecule has 0 nitrogen and oxygen atoms in total. The van der Waals surface area contributed by atoms with E-state index < -0.39 is 0 Å². The molecule has 0 saturated carbocycles. The summed E-state index contributed by atoms with van der Waals surface area (Å²) in [4.78, 5) is 0. The van der Waals surface area contributed by atoms with Gasteiger partial charge in [0.25, 0.3) is 0 Å². The summed E-state index contributed by atoms with van der Waals surface area (Å²) in [6.07, 6.45) is 8.84. The standard InChI is InChI=1S/C14H19P/c1-2-6-12(7-3-1)14-10-4-8-13(15-14)9-5-11-14/h1-3,6-7,13,15H,4-5,8-11H2. The van der Waals surface area contributed by atoms with E-state index >= 15 is 0 Å². The van der Waals surface area contributed by atoms with Crippen LogP contribution < -0.4 is 0 Å². The summed E-state index contributed by atoms with van der Waals surface area (Å²) in [7, 11) is 1.20. The van der Waals surface area contributed by atoms with Crippen LogP contribution in [0, 0.1) is 0 Å². The highest BCUT2D eigenvalue weighted by Gasteiger charge is 2.40. The van der Waals surface area contributed by atoms with Crippen molar-refractivity contribution in [2.24, 2.45) is 0 Å². The Labute approximate surface area is 94.3 Å². The van der Waals surface area contributed by atoms with Crippen LogP contribution in [-0.4, -0.2) is 5.66 Å². The van der Waals surface area contributed by atoms with Crippen molar-refractivity contribution in [3.05, 3.63) is 35.9 Å². The lowest BCUT2D eigenvalue weighted by Gasteiger charge is -2.45. The fraction of sp³-hybridized carbons (Fsp3) is 0.571. The second-order valence-corrected chi connectivity index (χ2v) is 7.14. The van der Waals surface area contributed by atoms with E-state index in [0.717, 1.165) is 5.66 Å². The highest BCUT2D eigenvalue weighted by molar-refractivity contribution is 7.40. The van der Waals surface area contributed by atoms with E-state index in [1.54, 1.807) is 5.56 Å². The van der Waals surface area contributed by atoms with Gasteiger partial charge in [-0.2, -0.15) is 0 Å². The van der Waals surface area contributed by atoms with E-state index in [1.165, 1.54) is 47.1 Å². The Bertz CT molecular complexity index is 320. The lowest BCUT2D eigenvalue weighted by Crippen LogP contribution is -2.31. The zero-order valence-electron chi connectivity index (χ0n) is 9.21. The van der Waals surface area contributed by atoms with E-state index in [1.807, 2.05) is 0 Å². The summed E-state index contributed by atoms with van der Waals surface area (Å²) in [6, 6.07) is 11.3. The Balaban J connectivity index is 1.95. The molecule has 3 rings (SSSR count). The van der Waals surface area contributed by atoms with Crippen LogP contribution in [0.25, 0.3) is 0 Å². The van der Waals surface area contributed by atoms with Crippen molar-refractivity contribution in [3.63, 3.8) is 0 Å². The predicted molar refractivity (Wildman–Crippen MR) is 67.9 cm³/mol. The quantitative estimate of drug-likeness (QED) is 0.616. The third kappa shape index (κ3) is 1.74. The summed E-state index contributed by atoms with van der Waals surface area (Å²) in [5.41, 5.74) is 2.69. The van der Waals surface area contributed by atoms with Crippen molar-refractivity contribution in [1.29, 1.82) is 0 Å². The smallest absolute Gasteiger partial charge is 0.0129 e. The number of hydrogen-bond acceptors (Lipinski definition) is 0. The number of benzene rings is 1. The highest BCUT2D eigenvalue weighted by Crippen LogP contribution is 2.59. The zero-order chi connectivity index (χ0) is 10.1. The monoisotopic (exact) mass is 218 g/mol. The van der Waals surface area contributed by atoms with Gasteiger partial charge in [0, 0.05) is 5.16 Å². The molecule has 0 aromatic heterocycles. The van der Waals surface area contributed by atoms with Gasteiger partial charge in [-0.3, -0.25) is 0 Å². The maximum absolute atomic E-state index is 2.36. The molecule has 0 amide bonds. The molecule has 1 atom stereocenters. The van der Waals surface area contributed by atoms with Crippen molar-refractivity contribution in [3.8, 4) is 0 Å². The van der Waals surface area contributed by atoms with E-state index in [0.29, 0.717) is 5.16 Å². The first-order valence-electron chi connectivity index (χ1n) is 6.22. The molecule has 2 aliphatic heterocycles. The van der Waals surface area contributed by atoms with Crippen LogP contribution in [0.15, 0.2) is 30.3 Å². The van der Waals surface area contributed by atoms with Crippen molar-refractivity contribution >= 4 is 8.58 Å². The molecule has 1 unspecified atom stereocenters. The summed E-state index contributed by atoms with van der Waals surface area (Å²) < 4.78 is 0. The molecule has 0 radical (unpaired) electrons. The van der Waals surface area contributed by atoms with Gasteiger partial charge < -0.3 is 0 Å². The average Bonchev–Trinajstić information content (AvgIpc) is 2.30. The lowest BCUT2D eigenvalue weighted by atomic mass is 9.84. The molecular formula is C14H19P. The number of hydrogen-bond donors (Lipinski definition) is 0. The SMILES string of the molecule is c1ccc(C23CCCC(CCC2)P3)cc1. The maximum Gasteiger partial charge on any atom is 0.0129 e. The van der Waals surface area contributed by atoms with Gasteiger partial charge in [0.2, 0.25) is 0 Å². The highest BCUT2D eigenvalue weighted by atomic mass is 31.1. The molecular weight excluding hydrogens is 199 g/mol. The van der Waals surface area contributed by atoms with E-state index in [-0.39, 0.29) is 0 Å². The summed E-state index contributed by atoms with van der Waals surface area (Å²) in [5.74, 6) is 0. The van der Waals surface area contributed by atoms with E-state index in [2.05, 4.69) is 30.3 Å². The molecule has 1 aromatic rings. The third-order valence-corrected chi connectivity index (χ3v) is 6.45. The van der Waals surface area contributed by atoms with Crippen LogP contribution in [0.3, 0.4) is 0 Å². The molecule has 0 spiro atoms. The molecule has 2 saturated heterocycles. The van der Waals surface area contributed by atoms with Crippen LogP contribution in [0.4, 0.5) is 0 Å². The Hall–Kier alpha value is -0.350. The Morgan fingerprint density at radius 1 is 1.00 bits per heavy atom. The molecule has 2 aliphatic rings. The minimum Gasteiger partial charge on any atom is -0.108 e. The molecule has 1 aromatic carbocycles. The molecule has 2 heterocycles. The van der Waals surface area contributed by atoms with Crippen LogP contribution in [0.1, 0.15) is 44.1 Å². The van der Waals surface area contributed by atoms with Gasteiger partial charge in [0.1, 0.15) is 0 Å². The Kier molecular flexibility index (Phi) is 2.56. The van der Waals surface area contributed by atoms with Crippen molar-refractivity contribution in [2.75, 3.05) is 0 Å². The lowest BCUT2D eigenvalue weighted by molar-refractivity contribution is 0.388. The van der Waals surface area contributed by atoms with Gasteiger partial charge in [0.05, 0.1) is 0 Å². The molecule has 15 heavy (non-hydrogen) atoms. The fourth-order valence-electron chi connectivity index (χ4n) is 3.38. The van der Waals surface area contributed by atoms with Crippen LogP contribution in [0.2, 0.25) is 0 Å². The van der Waals surface area contributed by atoms with Gasteiger partial charge >= 0.3 is 0 Å².